The highest BCUT2D eigenvalue weighted by Gasteiger charge is 2.27. The maximum atomic E-state index is 11.9. The molecule has 3 N–H and O–H groups in total. The van der Waals surface area contributed by atoms with E-state index in [4.69, 9.17) is 0 Å². The van der Waals surface area contributed by atoms with Gasteiger partial charge in [0.2, 0.25) is 11.8 Å². The van der Waals surface area contributed by atoms with Gasteiger partial charge < -0.3 is 15.7 Å². The Labute approximate surface area is 143 Å². The Kier molecular flexibility index (Phi) is 6.55. The molecule has 0 saturated heterocycles. The van der Waals surface area contributed by atoms with E-state index in [1.807, 2.05) is 12.1 Å². The van der Waals surface area contributed by atoms with Gasteiger partial charge in [-0.15, -0.1) is 0 Å². The number of aliphatic hydroxyl groups is 1. The summed E-state index contributed by atoms with van der Waals surface area (Å²) in [5.41, 5.74) is 0.826. The second-order valence-electron chi connectivity index (χ2n) is 6.49. The normalized spacial score (nSPS) is 17.2. The second-order valence-corrected chi connectivity index (χ2v) is 6.49. The van der Waals surface area contributed by atoms with Gasteiger partial charge in [-0.05, 0) is 36.6 Å². The molecule has 130 valence electrons. The third kappa shape index (κ3) is 6.16. The molecule has 1 aromatic rings. The van der Waals surface area contributed by atoms with E-state index in [9.17, 15) is 14.7 Å². The largest absolute Gasteiger partial charge is 0.388 e. The molecule has 5 heteroatoms. The van der Waals surface area contributed by atoms with E-state index in [0.29, 0.717) is 6.54 Å². The molecule has 0 spiro atoms. The monoisotopic (exact) mass is 330 g/mol. The molecule has 2 amide bonds. The Morgan fingerprint density at radius 2 is 1.75 bits per heavy atom. The summed E-state index contributed by atoms with van der Waals surface area (Å²) < 4.78 is 0. The van der Waals surface area contributed by atoms with E-state index < -0.39 is 5.60 Å². The van der Waals surface area contributed by atoms with Crippen LogP contribution in [-0.2, 0) is 9.59 Å². The molecule has 1 aliphatic carbocycles. The van der Waals surface area contributed by atoms with Gasteiger partial charge >= 0.3 is 0 Å². The van der Waals surface area contributed by atoms with Crippen molar-refractivity contribution in [1.82, 2.24) is 5.32 Å². The third-order valence-corrected chi connectivity index (χ3v) is 4.28. The number of amides is 2. The predicted molar refractivity (Wildman–Crippen MR) is 95.4 cm³/mol. The number of benzene rings is 1. The quantitative estimate of drug-likeness (QED) is 0.574. The fraction of sp³-hybridized carbons (Fsp3) is 0.474. The summed E-state index contributed by atoms with van der Waals surface area (Å²) in [6.45, 7) is 1.76. The van der Waals surface area contributed by atoms with E-state index in [1.54, 1.807) is 18.2 Å². The Morgan fingerprint density at radius 3 is 2.33 bits per heavy atom. The topological polar surface area (TPSA) is 78.4 Å². The molecule has 0 heterocycles. The lowest BCUT2D eigenvalue weighted by atomic mass is 9.94. The molecule has 2 rings (SSSR count). The molecule has 5 nitrogen and oxygen atoms in total. The maximum absolute atomic E-state index is 11.9. The van der Waals surface area contributed by atoms with Crippen LogP contribution < -0.4 is 10.6 Å². The van der Waals surface area contributed by atoms with Crippen LogP contribution in [0.5, 0.6) is 0 Å². The van der Waals surface area contributed by atoms with E-state index in [0.717, 1.165) is 49.8 Å². The van der Waals surface area contributed by atoms with Crippen LogP contribution in [0.25, 0.3) is 6.08 Å². The lowest BCUT2D eigenvalue weighted by Gasteiger charge is -2.26. The van der Waals surface area contributed by atoms with Crippen molar-refractivity contribution in [3.05, 3.63) is 35.9 Å². The SMILES string of the molecule is CC(=O)Nc1ccc(/C=C/C(=O)NCC2(O)CCCCCC2)cc1. The molecular formula is C19H26N2O3. The first-order valence-corrected chi connectivity index (χ1v) is 8.53. The average Bonchev–Trinajstić information content (AvgIpc) is 2.77. The summed E-state index contributed by atoms with van der Waals surface area (Å²) >= 11 is 0. The van der Waals surface area contributed by atoms with Gasteiger partial charge in [0, 0.05) is 25.2 Å². The zero-order valence-corrected chi connectivity index (χ0v) is 14.2. The minimum Gasteiger partial charge on any atom is -0.388 e. The molecule has 24 heavy (non-hydrogen) atoms. The Morgan fingerprint density at radius 1 is 1.12 bits per heavy atom. The van der Waals surface area contributed by atoms with Gasteiger partial charge in [0.1, 0.15) is 0 Å². The van der Waals surface area contributed by atoms with Crippen LogP contribution >= 0.6 is 0 Å². The Bertz CT molecular complexity index is 585. The number of hydrogen-bond acceptors (Lipinski definition) is 3. The van der Waals surface area contributed by atoms with Crippen LogP contribution in [0.15, 0.2) is 30.3 Å². The van der Waals surface area contributed by atoms with Gasteiger partial charge in [0.15, 0.2) is 0 Å². The van der Waals surface area contributed by atoms with Crippen molar-refractivity contribution in [2.75, 3.05) is 11.9 Å². The summed E-state index contributed by atoms with van der Waals surface area (Å²) in [6, 6.07) is 7.22. The van der Waals surface area contributed by atoms with Gasteiger partial charge in [-0.3, -0.25) is 9.59 Å². The highest BCUT2D eigenvalue weighted by Crippen LogP contribution is 2.26. The summed E-state index contributed by atoms with van der Waals surface area (Å²) in [6.07, 6.45) is 9.03. The van der Waals surface area contributed by atoms with Crippen molar-refractivity contribution in [3.63, 3.8) is 0 Å². The van der Waals surface area contributed by atoms with Crippen molar-refractivity contribution in [2.24, 2.45) is 0 Å². The molecule has 1 fully saturated rings. The summed E-state index contributed by atoms with van der Waals surface area (Å²) in [5.74, 6) is -0.326. The lowest BCUT2D eigenvalue weighted by Crippen LogP contribution is -2.42. The van der Waals surface area contributed by atoms with Crippen LogP contribution in [0.2, 0.25) is 0 Å². The third-order valence-electron chi connectivity index (χ3n) is 4.28. The molecule has 0 aliphatic heterocycles. The number of hydrogen-bond donors (Lipinski definition) is 3. The minimum atomic E-state index is -0.764. The van der Waals surface area contributed by atoms with Crippen molar-refractivity contribution in [1.29, 1.82) is 0 Å². The van der Waals surface area contributed by atoms with Crippen molar-refractivity contribution in [3.8, 4) is 0 Å². The first-order valence-electron chi connectivity index (χ1n) is 8.53. The Balaban J connectivity index is 1.82. The van der Waals surface area contributed by atoms with E-state index in [1.165, 1.54) is 13.0 Å². The highest BCUT2D eigenvalue weighted by molar-refractivity contribution is 5.92. The maximum Gasteiger partial charge on any atom is 0.244 e. The van der Waals surface area contributed by atoms with Gasteiger partial charge in [-0.25, -0.2) is 0 Å². The number of nitrogens with one attached hydrogen (secondary N) is 2. The van der Waals surface area contributed by atoms with Gasteiger partial charge in [0.25, 0.3) is 0 Å². The minimum absolute atomic E-state index is 0.117. The molecule has 0 radical (unpaired) electrons. The molecule has 1 aliphatic rings. The van der Waals surface area contributed by atoms with E-state index in [2.05, 4.69) is 10.6 Å². The molecular weight excluding hydrogens is 304 g/mol. The predicted octanol–water partition coefficient (Wildman–Crippen LogP) is 2.86. The average molecular weight is 330 g/mol. The zero-order valence-electron chi connectivity index (χ0n) is 14.2. The Hall–Kier alpha value is -2.14. The molecule has 0 aromatic heterocycles. The molecule has 1 aromatic carbocycles. The summed E-state index contributed by atoms with van der Waals surface area (Å²) in [4.78, 5) is 22.9. The second kappa shape index (κ2) is 8.64. The number of carbonyl (C=O) groups is 2. The lowest BCUT2D eigenvalue weighted by molar-refractivity contribution is -0.118. The summed E-state index contributed by atoms with van der Waals surface area (Å²) in [5, 5.41) is 16.0. The van der Waals surface area contributed by atoms with E-state index in [-0.39, 0.29) is 11.8 Å². The van der Waals surface area contributed by atoms with Gasteiger partial charge in [-0.2, -0.15) is 0 Å². The van der Waals surface area contributed by atoms with Gasteiger partial charge in [-0.1, -0.05) is 37.8 Å². The van der Waals surface area contributed by atoms with E-state index >= 15 is 0 Å². The first-order chi connectivity index (χ1) is 11.5. The number of rotatable bonds is 5. The van der Waals surface area contributed by atoms with Crippen molar-refractivity contribution in [2.45, 2.75) is 51.0 Å². The number of anilines is 1. The smallest absolute Gasteiger partial charge is 0.244 e. The first kappa shape index (κ1) is 18.2. The van der Waals surface area contributed by atoms with Crippen LogP contribution in [0.3, 0.4) is 0 Å². The summed E-state index contributed by atoms with van der Waals surface area (Å²) in [7, 11) is 0. The standard InChI is InChI=1S/C19H26N2O3/c1-15(22)21-17-9-6-16(7-10-17)8-11-18(23)20-14-19(24)12-4-2-3-5-13-19/h6-11,24H,2-5,12-14H2,1H3,(H,20,23)(H,21,22)/b11-8+. The van der Waals surface area contributed by atoms with Crippen LogP contribution in [0.4, 0.5) is 5.69 Å². The fourth-order valence-electron chi connectivity index (χ4n) is 2.93. The van der Waals surface area contributed by atoms with Crippen molar-refractivity contribution >= 4 is 23.6 Å². The van der Waals surface area contributed by atoms with Crippen LogP contribution in [0, 0.1) is 0 Å². The highest BCUT2D eigenvalue weighted by atomic mass is 16.3. The molecule has 1 saturated carbocycles. The fourth-order valence-corrected chi connectivity index (χ4v) is 2.93. The van der Waals surface area contributed by atoms with Crippen LogP contribution in [0.1, 0.15) is 51.0 Å². The molecule has 0 bridgehead atoms. The van der Waals surface area contributed by atoms with Crippen LogP contribution in [-0.4, -0.2) is 29.1 Å². The van der Waals surface area contributed by atoms with Gasteiger partial charge in [0.05, 0.1) is 5.60 Å². The number of carbonyl (C=O) groups excluding carboxylic acids is 2. The molecule has 0 unspecified atom stereocenters. The molecule has 0 atom stereocenters. The zero-order chi connectivity index (χ0) is 17.4. The van der Waals surface area contributed by atoms with Crippen molar-refractivity contribution < 1.29 is 14.7 Å².